The maximum absolute atomic E-state index is 11.8. The maximum Gasteiger partial charge on any atom is 0.337 e. The van der Waals surface area contributed by atoms with Gasteiger partial charge in [-0.2, -0.15) is 5.26 Å². The summed E-state index contributed by atoms with van der Waals surface area (Å²) in [7, 11) is 1.34. The second-order valence-corrected chi connectivity index (χ2v) is 7.86. The van der Waals surface area contributed by atoms with E-state index in [9.17, 15) is 10.1 Å². The molecule has 0 atom stereocenters. The van der Waals surface area contributed by atoms with Crippen LogP contribution in [0.2, 0.25) is 0 Å². The minimum absolute atomic E-state index is 0.195. The number of benzene rings is 3. The van der Waals surface area contributed by atoms with E-state index >= 15 is 0 Å². The van der Waals surface area contributed by atoms with Crippen molar-refractivity contribution in [2.75, 3.05) is 7.11 Å². The van der Waals surface area contributed by atoms with Crippen LogP contribution in [0.3, 0.4) is 0 Å². The minimum Gasteiger partial charge on any atom is -0.465 e. The van der Waals surface area contributed by atoms with Crippen LogP contribution in [0.1, 0.15) is 21.7 Å². The second-order valence-electron chi connectivity index (χ2n) is 7.86. The van der Waals surface area contributed by atoms with Gasteiger partial charge in [0.25, 0.3) is 0 Å². The summed E-state index contributed by atoms with van der Waals surface area (Å²) in [6.07, 6.45) is 1.51. The van der Waals surface area contributed by atoms with Crippen LogP contribution in [-0.2, 0) is 4.74 Å². The lowest BCUT2D eigenvalue weighted by molar-refractivity contribution is 0.0601. The number of nitrogens with zero attached hydrogens (tertiary/aromatic N) is 2. The van der Waals surface area contributed by atoms with E-state index in [0.717, 1.165) is 16.7 Å². The lowest BCUT2D eigenvalue weighted by Gasteiger charge is -2.03. The van der Waals surface area contributed by atoms with Crippen molar-refractivity contribution >= 4 is 18.1 Å². The van der Waals surface area contributed by atoms with Crippen LogP contribution in [0.15, 0.2) is 111 Å². The van der Waals surface area contributed by atoms with Gasteiger partial charge in [0.1, 0.15) is 28.9 Å². The molecule has 0 bridgehead atoms. The Morgan fingerprint density at radius 3 is 2.25 bits per heavy atom. The molecule has 5 rings (SSSR count). The molecule has 0 radical (unpaired) electrons. The Balaban J connectivity index is 1.52. The molecule has 0 unspecified atom stereocenters. The Labute approximate surface area is 207 Å². The standard InChI is InChI=1S/C30H20N2O4/c1-34-30(33)23-14-8-13-22(17-23)26-16-15-24(35-26)19-32-29-25(18-31)27(20-9-4-2-5-10-20)28(36-29)21-11-6-3-7-12-21/h2-17,19H,1H3. The number of ether oxygens (including phenoxy) is 1. The number of methoxy groups -OCH3 is 1. The van der Waals surface area contributed by atoms with Gasteiger partial charge >= 0.3 is 5.97 Å². The molecule has 0 fully saturated rings. The molecule has 0 aliphatic carbocycles. The zero-order chi connectivity index (χ0) is 24.9. The van der Waals surface area contributed by atoms with E-state index in [4.69, 9.17) is 13.6 Å². The van der Waals surface area contributed by atoms with Crippen molar-refractivity contribution in [3.05, 3.63) is 114 Å². The van der Waals surface area contributed by atoms with Crippen LogP contribution in [0, 0.1) is 11.3 Å². The molecule has 0 N–H and O–H groups in total. The summed E-state index contributed by atoms with van der Waals surface area (Å²) in [5.41, 5.74) is 3.90. The number of aliphatic imine (C=N–C) groups is 1. The van der Waals surface area contributed by atoms with Crippen LogP contribution in [-0.4, -0.2) is 19.3 Å². The predicted octanol–water partition coefficient (Wildman–Crippen LogP) is 7.28. The summed E-state index contributed by atoms with van der Waals surface area (Å²) in [6.45, 7) is 0. The first-order chi connectivity index (χ1) is 17.7. The quantitative estimate of drug-likeness (QED) is 0.191. The van der Waals surface area contributed by atoms with E-state index in [1.807, 2.05) is 66.7 Å². The molecule has 5 aromatic rings. The van der Waals surface area contributed by atoms with Crippen molar-refractivity contribution < 1.29 is 18.4 Å². The van der Waals surface area contributed by atoms with Crippen LogP contribution in [0.5, 0.6) is 0 Å². The summed E-state index contributed by atoms with van der Waals surface area (Å²) in [5.74, 6) is 1.38. The van der Waals surface area contributed by atoms with Crippen molar-refractivity contribution in [3.63, 3.8) is 0 Å². The molecule has 2 aromatic heterocycles. The number of esters is 1. The van der Waals surface area contributed by atoms with Gasteiger partial charge < -0.3 is 13.6 Å². The SMILES string of the molecule is COC(=O)c1cccc(-c2ccc(C=Nc3oc(-c4ccccc4)c(-c4ccccc4)c3C#N)o2)c1. The Morgan fingerprint density at radius 2 is 1.56 bits per heavy atom. The molecule has 174 valence electrons. The molecule has 2 heterocycles. The Hall–Kier alpha value is -5.15. The number of carbonyl (C=O) groups is 1. The van der Waals surface area contributed by atoms with Crippen LogP contribution < -0.4 is 0 Å². The molecule has 36 heavy (non-hydrogen) atoms. The van der Waals surface area contributed by atoms with Crippen molar-refractivity contribution in [2.45, 2.75) is 0 Å². The summed E-state index contributed by atoms with van der Waals surface area (Å²) >= 11 is 0. The molecular weight excluding hydrogens is 452 g/mol. The van der Waals surface area contributed by atoms with Crippen molar-refractivity contribution in [3.8, 4) is 39.8 Å². The molecule has 6 nitrogen and oxygen atoms in total. The molecule has 0 saturated carbocycles. The summed E-state index contributed by atoms with van der Waals surface area (Å²) in [5, 5.41) is 10.0. The molecular formula is C30H20N2O4. The highest BCUT2D eigenvalue weighted by Gasteiger charge is 2.22. The normalized spacial score (nSPS) is 10.9. The van der Waals surface area contributed by atoms with E-state index in [2.05, 4.69) is 11.1 Å². The van der Waals surface area contributed by atoms with Crippen LogP contribution in [0.4, 0.5) is 5.88 Å². The zero-order valence-corrected chi connectivity index (χ0v) is 19.3. The van der Waals surface area contributed by atoms with Gasteiger partial charge in [0.15, 0.2) is 0 Å². The third-order valence-electron chi connectivity index (χ3n) is 5.60. The Kier molecular flexibility index (Phi) is 6.29. The Morgan fingerprint density at radius 1 is 0.861 bits per heavy atom. The van der Waals surface area contributed by atoms with Gasteiger partial charge in [0.2, 0.25) is 5.88 Å². The zero-order valence-electron chi connectivity index (χ0n) is 19.3. The van der Waals surface area contributed by atoms with Gasteiger partial charge in [-0.05, 0) is 29.8 Å². The van der Waals surface area contributed by atoms with E-state index < -0.39 is 5.97 Å². The average molecular weight is 473 g/mol. The predicted molar refractivity (Wildman–Crippen MR) is 137 cm³/mol. The summed E-state index contributed by atoms with van der Waals surface area (Å²) in [4.78, 5) is 16.3. The van der Waals surface area contributed by atoms with Crippen molar-refractivity contribution in [1.82, 2.24) is 0 Å². The topological polar surface area (TPSA) is 88.7 Å². The first-order valence-electron chi connectivity index (χ1n) is 11.2. The lowest BCUT2D eigenvalue weighted by atomic mass is 9.98. The number of carbonyl (C=O) groups excluding carboxylic acids is 1. The van der Waals surface area contributed by atoms with Gasteiger partial charge in [0, 0.05) is 16.7 Å². The smallest absolute Gasteiger partial charge is 0.337 e. The maximum atomic E-state index is 11.8. The van der Waals surface area contributed by atoms with Gasteiger partial charge in [0.05, 0.1) is 18.9 Å². The van der Waals surface area contributed by atoms with E-state index in [0.29, 0.717) is 34.0 Å². The lowest BCUT2D eigenvalue weighted by Crippen LogP contribution is -2.00. The van der Waals surface area contributed by atoms with Gasteiger partial charge in [-0.15, -0.1) is 0 Å². The third kappa shape index (κ3) is 4.46. The first kappa shape index (κ1) is 22.6. The van der Waals surface area contributed by atoms with Crippen molar-refractivity contribution in [1.29, 1.82) is 5.26 Å². The highest BCUT2D eigenvalue weighted by molar-refractivity contribution is 5.91. The molecule has 0 saturated heterocycles. The highest BCUT2D eigenvalue weighted by atomic mass is 16.5. The number of furan rings is 2. The molecule has 6 heteroatoms. The number of hydrogen-bond donors (Lipinski definition) is 0. The number of rotatable bonds is 6. The van der Waals surface area contributed by atoms with Crippen molar-refractivity contribution in [2.24, 2.45) is 4.99 Å². The third-order valence-corrected chi connectivity index (χ3v) is 5.60. The highest BCUT2D eigenvalue weighted by Crippen LogP contribution is 2.42. The molecule has 0 amide bonds. The average Bonchev–Trinajstić information content (AvgIpc) is 3.57. The van der Waals surface area contributed by atoms with E-state index in [1.54, 1.807) is 30.3 Å². The first-order valence-corrected chi connectivity index (χ1v) is 11.2. The fourth-order valence-electron chi connectivity index (χ4n) is 3.90. The minimum atomic E-state index is -0.421. The number of nitriles is 1. The summed E-state index contributed by atoms with van der Waals surface area (Å²) in [6, 6.07) is 32.0. The second kappa shape index (κ2) is 10.00. The molecule has 0 aliphatic heterocycles. The molecule has 3 aromatic carbocycles. The summed E-state index contributed by atoms with van der Waals surface area (Å²) < 4.78 is 16.8. The fourth-order valence-corrected chi connectivity index (χ4v) is 3.90. The Bertz CT molecular complexity index is 1590. The van der Waals surface area contributed by atoms with E-state index in [-0.39, 0.29) is 5.88 Å². The van der Waals surface area contributed by atoms with Crippen LogP contribution in [0.25, 0.3) is 33.8 Å². The molecule has 0 aliphatic rings. The van der Waals surface area contributed by atoms with Gasteiger partial charge in [-0.3, -0.25) is 0 Å². The monoisotopic (exact) mass is 472 g/mol. The number of hydrogen-bond acceptors (Lipinski definition) is 6. The van der Waals surface area contributed by atoms with Gasteiger partial charge in [-0.25, -0.2) is 9.79 Å². The van der Waals surface area contributed by atoms with E-state index in [1.165, 1.54) is 13.3 Å². The van der Waals surface area contributed by atoms with Crippen LogP contribution >= 0.6 is 0 Å². The fraction of sp³-hybridized carbons (Fsp3) is 0.0333. The largest absolute Gasteiger partial charge is 0.465 e. The van der Waals surface area contributed by atoms with Gasteiger partial charge in [-0.1, -0.05) is 72.8 Å². The molecule has 0 spiro atoms.